The van der Waals surface area contributed by atoms with Crippen molar-refractivity contribution in [3.63, 3.8) is 0 Å². The van der Waals surface area contributed by atoms with Crippen LogP contribution < -0.4 is 5.32 Å². The minimum absolute atomic E-state index is 0.0302. The number of hydrogen-bond acceptors (Lipinski definition) is 3. The monoisotopic (exact) mass is 348 g/mol. The number of nitrogens with zero attached hydrogens (tertiary/aromatic N) is 2. The number of H-pyrrole nitrogens is 1. The first-order valence-corrected chi connectivity index (χ1v) is 9.26. The average molecular weight is 348 g/mol. The normalized spacial score (nSPS) is 15.6. The first kappa shape index (κ1) is 16.8. The molecule has 1 aliphatic rings. The summed E-state index contributed by atoms with van der Waals surface area (Å²) in [5.74, 6) is -0.0302. The number of benzene rings is 2. The van der Waals surface area contributed by atoms with E-state index in [1.807, 2.05) is 18.2 Å². The third-order valence-corrected chi connectivity index (χ3v) is 5.33. The van der Waals surface area contributed by atoms with Gasteiger partial charge in [-0.15, -0.1) is 0 Å². The van der Waals surface area contributed by atoms with Crippen LogP contribution in [0.1, 0.15) is 34.8 Å². The van der Waals surface area contributed by atoms with E-state index in [4.69, 9.17) is 0 Å². The summed E-state index contributed by atoms with van der Waals surface area (Å²) in [5, 5.41) is 3.11. The lowest BCUT2D eigenvalue weighted by Crippen LogP contribution is -2.45. The zero-order valence-electron chi connectivity index (χ0n) is 15.0. The molecule has 1 atom stereocenters. The van der Waals surface area contributed by atoms with Crippen LogP contribution in [0.15, 0.2) is 48.8 Å². The Balaban J connectivity index is 1.40. The van der Waals surface area contributed by atoms with Crippen molar-refractivity contribution in [2.45, 2.75) is 32.4 Å². The Kier molecular flexibility index (Phi) is 4.71. The van der Waals surface area contributed by atoms with Gasteiger partial charge in [-0.25, -0.2) is 4.98 Å². The van der Waals surface area contributed by atoms with Crippen molar-refractivity contribution in [3.8, 4) is 0 Å². The van der Waals surface area contributed by atoms with Gasteiger partial charge in [0.25, 0.3) is 5.91 Å². The Morgan fingerprint density at radius 1 is 1.27 bits per heavy atom. The lowest BCUT2D eigenvalue weighted by Gasteiger charge is -2.35. The zero-order valence-corrected chi connectivity index (χ0v) is 15.0. The van der Waals surface area contributed by atoms with Crippen molar-refractivity contribution in [2.75, 3.05) is 13.1 Å². The van der Waals surface area contributed by atoms with Crippen LogP contribution in [0.2, 0.25) is 0 Å². The number of hydrogen-bond donors (Lipinski definition) is 2. The number of rotatable bonds is 5. The molecule has 0 aliphatic carbocycles. The quantitative estimate of drug-likeness (QED) is 0.745. The highest BCUT2D eigenvalue weighted by atomic mass is 16.1. The largest absolute Gasteiger partial charge is 0.350 e. The van der Waals surface area contributed by atoms with E-state index < -0.39 is 0 Å². The van der Waals surface area contributed by atoms with Gasteiger partial charge in [0.1, 0.15) is 0 Å². The Hall–Kier alpha value is -2.66. The van der Waals surface area contributed by atoms with Gasteiger partial charge in [-0.1, -0.05) is 31.2 Å². The van der Waals surface area contributed by atoms with Gasteiger partial charge in [0.2, 0.25) is 0 Å². The molecule has 0 saturated carbocycles. The molecular formula is C21H24N4O. The van der Waals surface area contributed by atoms with Gasteiger partial charge in [-0.05, 0) is 42.2 Å². The molecule has 3 aromatic rings. The number of imidazole rings is 1. The SMILES string of the molecule is CC[C@@H](CNC(=O)c1ccc2nc[nH]c2c1)N1CCc2ccccc2C1. The van der Waals surface area contributed by atoms with E-state index >= 15 is 0 Å². The van der Waals surface area contributed by atoms with Crippen LogP contribution in [0.4, 0.5) is 0 Å². The van der Waals surface area contributed by atoms with Crippen LogP contribution in [0, 0.1) is 0 Å². The van der Waals surface area contributed by atoms with Crippen LogP contribution in [-0.2, 0) is 13.0 Å². The predicted molar refractivity (Wildman–Crippen MR) is 103 cm³/mol. The third kappa shape index (κ3) is 3.35. The second-order valence-corrected chi connectivity index (χ2v) is 6.90. The summed E-state index contributed by atoms with van der Waals surface area (Å²) >= 11 is 0. The molecule has 5 nitrogen and oxygen atoms in total. The van der Waals surface area contributed by atoms with Gasteiger partial charge >= 0.3 is 0 Å². The van der Waals surface area contributed by atoms with Gasteiger partial charge in [-0.2, -0.15) is 0 Å². The predicted octanol–water partition coefficient (Wildman–Crippen LogP) is 3.13. The van der Waals surface area contributed by atoms with E-state index in [1.165, 1.54) is 11.1 Å². The highest BCUT2D eigenvalue weighted by Gasteiger charge is 2.22. The molecule has 134 valence electrons. The maximum absolute atomic E-state index is 12.5. The highest BCUT2D eigenvalue weighted by molar-refractivity contribution is 5.97. The van der Waals surface area contributed by atoms with Gasteiger partial charge in [-0.3, -0.25) is 9.69 Å². The van der Waals surface area contributed by atoms with Crippen molar-refractivity contribution < 1.29 is 4.79 Å². The lowest BCUT2D eigenvalue weighted by atomic mass is 9.98. The van der Waals surface area contributed by atoms with E-state index in [1.54, 1.807) is 6.33 Å². The Bertz CT molecular complexity index is 917. The molecule has 2 aromatic carbocycles. The van der Waals surface area contributed by atoms with Crippen LogP contribution in [0.3, 0.4) is 0 Å². The molecule has 26 heavy (non-hydrogen) atoms. The van der Waals surface area contributed by atoms with E-state index in [0.29, 0.717) is 18.2 Å². The summed E-state index contributed by atoms with van der Waals surface area (Å²) in [6.45, 7) is 4.86. The van der Waals surface area contributed by atoms with Gasteiger partial charge < -0.3 is 10.3 Å². The van der Waals surface area contributed by atoms with Gasteiger partial charge in [0.15, 0.2) is 0 Å². The van der Waals surface area contributed by atoms with E-state index in [2.05, 4.69) is 51.4 Å². The fourth-order valence-corrected chi connectivity index (χ4v) is 3.75. The van der Waals surface area contributed by atoms with Crippen molar-refractivity contribution in [1.29, 1.82) is 0 Å². The fraction of sp³-hybridized carbons (Fsp3) is 0.333. The van der Waals surface area contributed by atoms with E-state index in [-0.39, 0.29) is 5.91 Å². The van der Waals surface area contributed by atoms with Gasteiger partial charge in [0.05, 0.1) is 17.4 Å². The number of amides is 1. The fourth-order valence-electron chi connectivity index (χ4n) is 3.75. The number of aromatic nitrogens is 2. The molecule has 4 rings (SSSR count). The maximum Gasteiger partial charge on any atom is 0.251 e. The molecule has 0 saturated heterocycles. The van der Waals surface area contributed by atoms with Gasteiger partial charge in [0, 0.05) is 31.2 Å². The van der Waals surface area contributed by atoms with Crippen molar-refractivity contribution >= 4 is 16.9 Å². The van der Waals surface area contributed by atoms with Crippen LogP contribution in [0.25, 0.3) is 11.0 Å². The molecule has 5 heteroatoms. The minimum atomic E-state index is -0.0302. The summed E-state index contributed by atoms with van der Waals surface area (Å²) in [6.07, 6.45) is 3.74. The summed E-state index contributed by atoms with van der Waals surface area (Å²) in [6, 6.07) is 14.6. The van der Waals surface area contributed by atoms with Crippen molar-refractivity contribution in [1.82, 2.24) is 20.2 Å². The van der Waals surface area contributed by atoms with Crippen LogP contribution in [-0.4, -0.2) is 39.9 Å². The van der Waals surface area contributed by atoms with Crippen molar-refractivity contribution in [2.24, 2.45) is 0 Å². The molecule has 0 fully saturated rings. The van der Waals surface area contributed by atoms with Crippen molar-refractivity contribution in [3.05, 3.63) is 65.5 Å². The highest BCUT2D eigenvalue weighted by Crippen LogP contribution is 2.21. The Labute approximate surface area is 153 Å². The Morgan fingerprint density at radius 3 is 2.96 bits per heavy atom. The first-order chi connectivity index (χ1) is 12.7. The smallest absolute Gasteiger partial charge is 0.251 e. The summed E-state index contributed by atoms with van der Waals surface area (Å²) in [4.78, 5) is 22.3. The van der Waals surface area contributed by atoms with E-state index in [9.17, 15) is 4.79 Å². The summed E-state index contributed by atoms with van der Waals surface area (Å²) < 4.78 is 0. The maximum atomic E-state index is 12.5. The average Bonchev–Trinajstić information content (AvgIpc) is 3.16. The van der Waals surface area contributed by atoms with Crippen LogP contribution >= 0.6 is 0 Å². The lowest BCUT2D eigenvalue weighted by molar-refractivity contribution is 0.0926. The minimum Gasteiger partial charge on any atom is -0.350 e. The molecule has 0 unspecified atom stereocenters. The van der Waals surface area contributed by atoms with E-state index in [0.717, 1.165) is 37.0 Å². The third-order valence-electron chi connectivity index (χ3n) is 5.33. The molecule has 2 heterocycles. The second kappa shape index (κ2) is 7.30. The molecule has 1 aliphatic heterocycles. The zero-order chi connectivity index (χ0) is 17.9. The van der Waals surface area contributed by atoms with Crippen LogP contribution in [0.5, 0.6) is 0 Å². The number of aromatic amines is 1. The molecule has 0 radical (unpaired) electrons. The number of fused-ring (bicyclic) bond motifs is 2. The second-order valence-electron chi connectivity index (χ2n) is 6.90. The molecular weight excluding hydrogens is 324 g/mol. The standard InChI is InChI=1S/C21H24N4O/c1-2-18(25-10-9-15-5-3-4-6-17(15)13-25)12-22-21(26)16-7-8-19-20(11-16)24-14-23-19/h3-8,11,14,18H,2,9-10,12-13H2,1H3,(H,22,26)(H,23,24)/t18-/m0/s1. The number of carbonyl (C=O) groups is 1. The molecule has 0 spiro atoms. The molecule has 1 amide bonds. The first-order valence-electron chi connectivity index (χ1n) is 9.26. The topological polar surface area (TPSA) is 61.0 Å². The molecule has 1 aromatic heterocycles. The molecule has 0 bridgehead atoms. The summed E-state index contributed by atoms with van der Waals surface area (Å²) in [7, 11) is 0. The molecule has 2 N–H and O–H groups in total. The number of carbonyl (C=O) groups excluding carboxylic acids is 1. The Morgan fingerprint density at radius 2 is 2.12 bits per heavy atom. The summed E-state index contributed by atoms with van der Waals surface area (Å²) in [5.41, 5.74) is 5.29. The number of nitrogens with one attached hydrogen (secondary N) is 2.